The van der Waals surface area contributed by atoms with E-state index >= 15 is 0 Å². The average molecular weight is 378 g/mol. The molecule has 0 radical (unpaired) electrons. The summed E-state index contributed by atoms with van der Waals surface area (Å²) in [7, 11) is 1.49. The van der Waals surface area contributed by atoms with E-state index in [2.05, 4.69) is 10.2 Å². The van der Waals surface area contributed by atoms with Crippen LogP contribution in [0.5, 0.6) is 0 Å². The van der Waals surface area contributed by atoms with Crippen molar-refractivity contribution < 1.29 is 27.1 Å². The van der Waals surface area contributed by atoms with Crippen LogP contribution in [-0.4, -0.2) is 60.5 Å². The molecule has 138 valence electrons. The van der Waals surface area contributed by atoms with Crippen LogP contribution in [0.15, 0.2) is 21.9 Å². The molecule has 0 unspecified atom stereocenters. The fraction of sp³-hybridized carbons (Fsp3) is 0.500. The Bertz CT molecular complexity index is 661. The van der Waals surface area contributed by atoms with Crippen molar-refractivity contribution in [1.29, 1.82) is 0 Å². The van der Waals surface area contributed by atoms with E-state index in [1.165, 1.54) is 18.4 Å². The Kier molecular flexibility index (Phi) is 6.91. The first-order valence-electron chi connectivity index (χ1n) is 7.28. The van der Waals surface area contributed by atoms with Gasteiger partial charge in [-0.2, -0.15) is 13.2 Å². The Hall–Kier alpha value is -1.98. The van der Waals surface area contributed by atoms with Crippen LogP contribution < -0.4 is 5.32 Å². The Balaban J connectivity index is 1.94. The molecule has 7 nitrogen and oxygen atoms in total. The van der Waals surface area contributed by atoms with Crippen LogP contribution in [-0.2, 0) is 16.1 Å². The van der Waals surface area contributed by atoms with Crippen LogP contribution in [0.1, 0.15) is 5.89 Å². The normalized spacial score (nSPS) is 11.9. The number of alkyl halides is 3. The number of thiophene rings is 1. The van der Waals surface area contributed by atoms with Gasteiger partial charge >= 0.3 is 6.18 Å². The third-order valence-corrected chi connectivity index (χ3v) is 3.88. The summed E-state index contributed by atoms with van der Waals surface area (Å²) < 4.78 is 47.0. The largest absolute Gasteiger partial charge is 0.419 e. The standard InChI is InChI=1S/C14H17F3N4O3S/c1-23-5-4-21(7-11(22)18-9-14(15,16)17)8-12-19-20-13(24-12)10-3-2-6-25-10/h2-3,6H,4-5,7-9H2,1H3,(H,18,22). The van der Waals surface area contributed by atoms with Crippen molar-refractivity contribution in [3.8, 4) is 10.8 Å². The number of carbonyl (C=O) groups is 1. The maximum atomic E-state index is 12.2. The van der Waals surface area contributed by atoms with Gasteiger partial charge in [-0.05, 0) is 11.4 Å². The minimum Gasteiger partial charge on any atom is -0.419 e. The molecule has 0 atom stereocenters. The Morgan fingerprint density at radius 2 is 2.24 bits per heavy atom. The SMILES string of the molecule is COCCN(CC(=O)NCC(F)(F)F)Cc1nnc(-c2cccs2)o1. The lowest BCUT2D eigenvalue weighted by molar-refractivity contribution is -0.139. The molecule has 2 heterocycles. The van der Waals surface area contributed by atoms with Crippen LogP contribution in [0.2, 0.25) is 0 Å². The fourth-order valence-corrected chi connectivity index (χ4v) is 2.54. The molecular formula is C14H17F3N4O3S. The van der Waals surface area contributed by atoms with Crippen LogP contribution in [0.3, 0.4) is 0 Å². The number of ether oxygens (including phenoxy) is 1. The number of amides is 1. The predicted octanol–water partition coefficient (Wildman–Crippen LogP) is 1.93. The summed E-state index contributed by atoms with van der Waals surface area (Å²) in [4.78, 5) is 14.1. The smallest absolute Gasteiger partial charge is 0.405 e. The van der Waals surface area contributed by atoms with Gasteiger partial charge in [-0.3, -0.25) is 9.69 Å². The quantitative estimate of drug-likeness (QED) is 0.718. The van der Waals surface area contributed by atoms with Crippen molar-refractivity contribution >= 4 is 17.2 Å². The summed E-state index contributed by atoms with van der Waals surface area (Å²) in [6, 6.07) is 3.68. The summed E-state index contributed by atoms with van der Waals surface area (Å²) in [6.07, 6.45) is -4.45. The fourth-order valence-electron chi connectivity index (χ4n) is 1.90. The van der Waals surface area contributed by atoms with E-state index in [0.717, 1.165) is 4.88 Å². The third kappa shape index (κ3) is 6.80. The lowest BCUT2D eigenvalue weighted by atomic mass is 10.4. The molecule has 1 N–H and O–H groups in total. The minimum atomic E-state index is -4.45. The van der Waals surface area contributed by atoms with E-state index in [1.54, 1.807) is 4.90 Å². The van der Waals surface area contributed by atoms with Crippen LogP contribution in [0.4, 0.5) is 13.2 Å². The van der Waals surface area contributed by atoms with Gasteiger partial charge in [0.1, 0.15) is 6.54 Å². The second kappa shape index (κ2) is 8.92. The van der Waals surface area contributed by atoms with Gasteiger partial charge in [0.2, 0.25) is 11.8 Å². The van der Waals surface area contributed by atoms with E-state index in [-0.39, 0.29) is 19.0 Å². The molecule has 1 amide bonds. The molecule has 0 spiro atoms. The first kappa shape index (κ1) is 19.3. The summed E-state index contributed by atoms with van der Waals surface area (Å²) in [5, 5.41) is 11.5. The molecule has 2 aromatic heterocycles. The number of hydrogen-bond acceptors (Lipinski definition) is 7. The molecule has 11 heteroatoms. The van der Waals surface area contributed by atoms with Gasteiger partial charge < -0.3 is 14.5 Å². The van der Waals surface area contributed by atoms with Gasteiger partial charge in [0.15, 0.2) is 0 Å². The lowest BCUT2D eigenvalue weighted by Gasteiger charge is -2.19. The van der Waals surface area contributed by atoms with Gasteiger partial charge in [0.05, 0.1) is 24.6 Å². The molecule has 0 aromatic carbocycles. The molecule has 0 aliphatic carbocycles. The third-order valence-electron chi connectivity index (χ3n) is 3.02. The summed E-state index contributed by atoms with van der Waals surface area (Å²) >= 11 is 1.44. The molecule has 2 aromatic rings. The van der Waals surface area contributed by atoms with Gasteiger partial charge in [-0.1, -0.05) is 6.07 Å². The zero-order chi connectivity index (χ0) is 18.3. The van der Waals surface area contributed by atoms with Crippen molar-refractivity contribution in [3.05, 3.63) is 23.4 Å². The van der Waals surface area contributed by atoms with Gasteiger partial charge in [0, 0.05) is 13.7 Å². The summed E-state index contributed by atoms with van der Waals surface area (Å²) in [5.74, 6) is -0.118. The highest BCUT2D eigenvalue weighted by molar-refractivity contribution is 7.13. The highest BCUT2D eigenvalue weighted by Crippen LogP contribution is 2.23. The predicted molar refractivity (Wildman–Crippen MR) is 83.8 cm³/mol. The number of nitrogens with zero attached hydrogens (tertiary/aromatic N) is 3. The number of carbonyl (C=O) groups excluding carboxylic acids is 1. The van der Waals surface area contributed by atoms with Crippen LogP contribution in [0.25, 0.3) is 10.8 Å². The monoisotopic (exact) mass is 378 g/mol. The number of methoxy groups -OCH3 is 1. The molecule has 0 aliphatic rings. The number of rotatable bonds is 9. The first-order valence-corrected chi connectivity index (χ1v) is 8.16. The number of halogens is 3. The maximum Gasteiger partial charge on any atom is 0.405 e. The second-order valence-corrected chi connectivity index (χ2v) is 6.02. The van der Waals surface area contributed by atoms with E-state index in [0.29, 0.717) is 19.0 Å². The van der Waals surface area contributed by atoms with E-state index < -0.39 is 18.6 Å². The van der Waals surface area contributed by atoms with E-state index in [1.807, 2.05) is 22.8 Å². The average Bonchev–Trinajstić information content (AvgIpc) is 3.21. The molecule has 0 saturated heterocycles. The Morgan fingerprint density at radius 1 is 1.44 bits per heavy atom. The minimum absolute atomic E-state index is 0.126. The van der Waals surface area contributed by atoms with Crippen LogP contribution in [0, 0.1) is 0 Å². The topological polar surface area (TPSA) is 80.5 Å². The van der Waals surface area contributed by atoms with Gasteiger partial charge in [-0.25, -0.2) is 0 Å². The van der Waals surface area contributed by atoms with E-state index in [9.17, 15) is 18.0 Å². The maximum absolute atomic E-state index is 12.2. The zero-order valence-electron chi connectivity index (χ0n) is 13.4. The molecule has 0 aliphatic heterocycles. The Labute approximate surface area is 145 Å². The molecule has 0 saturated carbocycles. The molecule has 0 fully saturated rings. The number of hydrogen-bond donors (Lipinski definition) is 1. The van der Waals surface area contributed by atoms with Gasteiger partial charge in [-0.15, -0.1) is 21.5 Å². The summed E-state index contributed by atoms with van der Waals surface area (Å²) in [6.45, 7) is -0.852. The molecule has 0 bridgehead atoms. The number of nitrogens with one attached hydrogen (secondary N) is 1. The highest BCUT2D eigenvalue weighted by Gasteiger charge is 2.28. The van der Waals surface area contributed by atoms with Crippen molar-refractivity contribution in [2.45, 2.75) is 12.7 Å². The van der Waals surface area contributed by atoms with Gasteiger partial charge in [0.25, 0.3) is 5.89 Å². The first-order chi connectivity index (χ1) is 11.9. The lowest BCUT2D eigenvalue weighted by Crippen LogP contribution is -2.41. The Morgan fingerprint density at radius 3 is 2.88 bits per heavy atom. The highest BCUT2D eigenvalue weighted by atomic mass is 32.1. The van der Waals surface area contributed by atoms with Crippen molar-refractivity contribution in [2.24, 2.45) is 0 Å². The van der Waals surface area contributed by atoms with Crippen LogP contribution >= 0.6 is 11.3 Å². The van der Waals surface area contributed by atoms with Crippen molar-refractivity contribution in [1.82, 2.24) is 20.4 Å². The molecule has 25 heavy (non-hydrogen) atoms. The molecular weight excluding hydrogens is 361 g/mol. The zero-order valence-corrected chi connectivity index (χ0v) is 14.2. The summed E-state index contributed by atoms with van der Waals surface area (Å²) in [5.41, 5.74) is 0. The molecule has 2 rings (SSSR count). The van der Waals surface area contributed by atoms with E-state index in [4.69, 9.17) is 9.15 Å². The second-order valence-electron chi connectivity index (χ2n) is 5.07. The van der Waals surface area contributed by atoms with Crippen molar-refractivity contribution in [2.75, 3.05) is 33.4 Å². The van der Waals surface area contributed by atoms with Crippen molar-refractivity contribution in [3.63, 3.8) is 0 Å². The number of aromatic nitrogens is 2.